The summed E-state index contributed by atoms with van der Waals surface area (Å²) in [5, 5.41) is 0. The summed E-state index contributed by atoms with van der Waals surface area (Å²) in [5.41, 5.74) is 3.14. The highest BCUT2D eigenvalue weighted by Gasteiger charge is 2.22. The van der Waals surface area contributed by atoms with Gasteiger partial charge in [-0.3, -0.25) is 0 Å². The second-order valence-electron chi connectivity index (χ2n) is 4.09. The van der Waals surface area contributed by atoms with Crippen molar-refractivity contribution in [3.63, 3.8) is 0 Å². The normalized spacial score (nSPS) is 17.2. The number of hydrogen-bond acceptors (Lipinski definition) is 0. The van der Waals surface area contributed by atoms with E-state index in [1.807, 2.05) is 13.8 Å². The highest BCUT2D eigenvalue weighted by molar-refractivity contribution is 5.35. The second kappa shape index (κ2) is 3.13. The van der Waals surface area contributed by atoms with Gasteiger partial charge in [0.15, 0.2) is 0 Å². The zero-order valence-electron chi connectivity index (χ0n) is 8.23. The summed E-state index contributed by atoms with van der Waals surface area (Å²) >= 11 is 0. The molecule has 0 N–H and O–H groups in total. The van der Waals surface area contributed by atoms with E-state index in [0.717, 1.165) is 11.1 Å². The molecule has 1 heteroatoms. The number of hydrogen-bond donors (Lipinski definition) is 0. The standard InChI is InChI=1S/C12H15F/c1-8-6-11(10-4-3-5-10)9(2)12(13)7-8/h6-7,10H,3-5H2,1-2H3. The van der Waals surface area contributed by atoms with Crippen LogP contribution in [-0.2, 0) is 0 Å². The lowest BCUT2D eigenvalue weighted by Crippen LogP contribution is -2.11. The van der Waals surface area contributed by atoms with Crippen molar-refractivity contribution in [2.75, 3.05) is 0 Å². The molecule has 0 spiro atoms. The van der Waals surface area contributed by atoms with Gasteiger partial charge in [0, 0.05) is 0 Å². The second-order valence-corrected chi connectivity index (χ2v) is 4.09. The first-order chi connectivity index (χ1) is 6.18. The fourth-order valence-corrected chi connectivity index (χ4v) is 1.98. The monoisotopic (exact) mass is 178 g/mol. The number of halogens is 1. The lowest BCUT2D eigenvalue weighted by molar-refractivity contribution is 0.415. The predicted molar refractivity (Wildman–Crippen MR) is 52.5 cm³/mol. The van der Waals surface area contributed by atoms with E-state index in [-0.39, 0.29) is 5.82 Å². The third-order valence-electron chi connectivity index (χ3n) is 3.07. The Kier molecular flexibility index (Phi) is 2.10. The van der Waals surface area contributed by atoms with Crippen LogP contribution in [0.15, 0.2) is 12.1 Å². The molecule has 1 aliphatic rings. The first-order valence-electron chi connectivity index (χ1n) is 4.95. The Morgan fingerprint density at radius 1 is 1.23 bits per heavy atom. The maximum absolute atomic E-state index is 13.4. The van der Waals surface area contributed by atoms with Crippen LogP contribution in [0.2, 0.25) is 0 Å². The summed E-state index contributed by atoms with van der Waals surface area (Å²) in [7, 11) is 0. The van der Waals surface area contributed by atoms with Crippen LogP contribution < -0.4 is 0 Å². The van der Waals surface area contributed by atoms with Crippen LogP contribution in [0, 0.1) is 19.7 Å². The van der Waals surface area contributed by atoms with Gasteiger partial charge in [-0.1, -0.05) is 12.5 Å². The fraction of sp³-hybridized carbons (Fsp3) is 0.500. The molecule has 0 heterocycles. The quantitative estimate of drug-likeness (QED) is 0.615. The molecule has 1 aromatic rings. The van der Waals surface area contributed by atoms with Gasteiger partial charge in [-0.2, -0.15) is 0 Å². The highest BCUT2D eigenvalue weighted by Crippen LogP contribution is 2.38. The van der Waals surface area contributed by atoms with Gasteiger partial charge in [-0.15, -0.1) is 0 Å². The predicted octanol–water partition coefficient (Wildman–Crippen LogP) is 3.71. The summed E-state index contributed by atoms with van der Waals surface area (Å²) < 4.78 is 13.4. The van der Waals surface area contributed by atoms with Crippen molar-refractivity contribution in [1.29, 1.82) is 0 Å². The first kappa shape index (κ1) is 8.74. The van der Waals surface area contributed by atoms with Crippen molar-refractivity contribution >= 4 is 0 Å². The molecule has 1 saturated carbocycles. The molecule has 1 fully saturated rings. The van der Waals surface area contributed by atoms with Crippen LogP contribution >= 0.6 is 0 Å². The molecule has 0 saturated heterocycles. The van der Waals surface area contributed by atoms with Crippen LogP contribution in [0.1, 0.15) is 41.9 Å². The Balaban J connectivity index is 2.42. The van der Waals surface area contributed by atoms with E-state index in [1.54, 1.807) is 6.07 Å². The maximum atomic E-state index is 13.4. The van der Waals surface area contributed by atoms with Crippen molar-refractivity contribution in [2.24, 2.45) is 0 Å². The lowest BCUT2D eigenvalue weighted by atomic mass is 9.78. The van der Waals surface area contributed by atoms with Gasteiger partial charge < -0.3 is 0 Å². The zero-order valence-corrected chi connectivity index (χ0v) is 8.23. The fourth-order valence-electron chi connectivity index (χ4n) is 1.98. The van der Waals surface area contributed by atoms with Crippen LogP contribution in [0.25, 0.3) is 0 Å². The number of aryl methyl sites for hydroxylation is 1. The Hall–Kier alpha value is -0.850. The Bertz CT molecular complexity index is 324. The average molecular weight is 178 g/mol. The van der Waals surface area contributed by atoms with E-state index < -0.39 is 0 Å². The number of rotatable bonds is 1. The van der Waals surface area contributed by atoms with Gasteiger partial charge in [0.2, 0.25) is 0 Å². The molecule has 0 nitrogen and oxygen atoms in total. The molecular formula is C12H15F. The minimum absolute atomic E-state index is 0.0399. The Morgan fingerprint density at radius 3 is 2.46 bits per heavy atom. The summed E-state index contributed by atoms with van der Waals surface area (Å²) in [6, 6.07) is 3.76. The van der Waals surface area contributed by atoms with E-state index in [1.165, 1.54) is 24.8 Å². The summed E-state index contributed by atoms with van der Waals surface area (Å²) in [6.07, 6.45) is 3.78. The molecule has 0 atom stereocenters. The molecule has 0 aromatic heterocycles. The molecule has 70 valence electrons. The molecule has 1 aromatic carbocycles. The van der Waals surface area contributed by atoms with Gasteiger partial charge in [-0.25, -0.2) is 4.39 Å². The molecule has 0 amide bonds. The van der Waals surface area contributed by atoms with Crippen molar-refractivity contribution in [3.05, 3.63) is 34.6 Å². The molecule has 1 aliphatic carbocycles. The van der Waals surface area contributed by atoms with Gasteiger partial charge in [0.05, 0.1) is 0 Å². The van der Waals surface area contributed by atoms with E-state index in [4.69, 9.17) is 0 Å². The summed E-state index contributed by atoms with van der Waals surface area (Å²) in [4.78, 5) is 0. The van der Waals surface area contributed by atoms with Crippen molar-refractivity contribution in [1.82, 2.24) is 0 Å². The topological polar surface area (TPSA) is 0 Å². The van der Waals surface area contributed by atoms with Crippen LogP contribution in [0.4, 0.5) is 4.39 Å². The molecular weight excluding hydrogens is 163 g/mol. The van der Waals surface area contributed by atoms with Crippen LogP contribution in [0.5, 0.6) is 0 Å². The minimum atomic E-state index is -0.0399. The van der Waals surface area contributed by atoms with Gasteiger partial charge in [0.25, 0.3) is 0 Å². The largest absolute Gasteiger partial charge is 0.207 e. The van der Waals surface area contributed by atoms with E-state index in [9.17, 15) is 4.39 Å². The average Bonchev–Trinajstić information content (AvgIpc) is 1.95. The smallest absolute Gasteiger partial charge is 0.126 e. The third kappa shape index (κ3) is 1.48. The van der Waals surface area contributed by atoms with Crippen molar-refractivity contribution in [3.8, 4) is 0 Å². The molecule has 13 heavy (non-hydrogen) atoms. The van der Waals surface area contributed by atoms with Crippen molar-refractivity contribution in [2.45, 2.75) is 39.0 Å². The molecule has 0 bridgehead atoms. The number of benzene rings is 1. The molecule has 2 rings (SSSR count). The summed E-state index contributed by atoms with van der Waals surface area (Å²) in [6.45, 7) is 3.85. The molecule has 0 aliphatic heterocycles. The van der Waals surface area contributed by atoms with Crippen LogP contribution in [0.3, 0.4) is 0 Å². The maximum Gasteiger partial charge on any atom is 0.126 e. The SMILES string of the molecule is Cc1cc(F)c(C)c(C2CCC2)c1. The van der Waals surface area contributed by atoms with E-state index >= 15 is 0 Å². The Morgan fingerprint density at radius 2 is 1.92 bits per heavy atom. The van der Waals surface area contributed by atoms with Gasteiger partial charge in [0.1, 0.15) is 5.82 Å². The summed E-state index contributed by atoms with van der Waals surface area (Å²) in [5.74, 6) is 0.594. The van der Waals surface area contributed by atoms with E-state index in [2.05, 4.69) is 6.07 Å². The highest BCUT2D eigenvalue weighted by atomic mass is 19.1. The van der Waals surface area contributed by atoms with Gasteiger partial charge >= 0.3 is 0 Å². The molecule has 0 radical (unpaired) electrons. The van der Waals surface area contributed by atoms with E-state index in [0.29, 0.717) is 5.92 Å². The third-order valence-corrected chi connectivity index (χ3v) is 3.07. The molecule has 0 unspecified atom stereocenters. The van der Waals surface area contributed by atoms with Crippen molar-refractivity contribution < 1.29 is 4.39 Å². The zero-order chi connectivity index (χ0) is 9.42. The Labute approximate surface area is 78.8 Å². The van der Waals surface area contributed by atoms with Crippen LogP contribution in [-0.4, -0.2) is 0 Å². The lowest BCUT2D eigenvalue weighted by Gasteiger charge is -2.27. The minimum Gasteiger partial charge on any atom is -0.207 e. The first-order valence-corrected chi connectivity index (χ1v) is 4.95. The van der Waals surface area contributed by atoms with Gasteiger partial charge in [-0.05, 0) is 55.4 Å².